The van der Waals surface area contributed by atoms with Crippen LogP contribution in [0.4, 0.5) is 0 Å². The molecule has 0 aliphatic carbocycles. The quantitative estimate of drug-likeness (QED) is 0.561. The van der Waals surface area contributed by atoms with Gasteiger partial charge in [-0.25, -0.2) is 4.79 Å². The summed E-state index contributed by atoms with van der Waals surface area (Å²) >= 11 is 0. The van der Waals surface area contributed by atoms with E-state index in [4.69, 9.17) is 14.2 Å². The van der Waals surface area contributed by atoms with Gasteiger partial charge in [-0.2, -0.15) is 0 Å². The molecule has 15 heavy (non-hydrogen) atoms. The van der Waals surface area contributed by atoms with Gasteiger partial charge in [-0.05, 0) is 12.1 Å². The van der Waals surface area contributed by atoms with Crippen LogP contribution in [0.3, 0.4) is 0 Å². The van der Waals surface area contributed by atoms with Crippen LogP contribution in [0.15, 0.2) is 30.3 Å². The molecule has 0 spiro atoms. The number of hydrogen-bond acceptors (Lipinski definition) is 4. The number of methoxy groups -OCH3 is 2. The number of esters is 1. The Morgan fingerprint density at radius 1 is 1.13 bits per heavy atom. The number of hydrogen-bond donors (Lipinski definition) is 0. The predicted octanol–water partition coefficient (Wildman–Crippen LogP) is 1.81. The summed E-state index contributed by atoms with van der Waals surface area (Å²) < 4.78 is 14.9. The van der Waals surface area contributed by atoms with Crippen molar-refractivity contribution in [3.63, 3.8) is 0 Å². The smallest absolute Gasteiger partial charge is 0.342 e. The lowest BCUT2D eigenvalue weighted by molar-refractivity contribution is -0.323. The molecule has 0 N–H and O–H groups in total. The number of carbonyl (C=O) groups is 1. The van der Waals surface area contributed by atoms with Gasteiger partial charge in [-0.15, -0.1) is 0 Å². The van der Waals surface area contributed by atoms with Crippen molar-refractivity contribution in [2.75, 3.05) is 14.2 Å². The third kappa shape index (κ3) is 3.04. The fourth-order valence-electron chi connectivity index (χ4n) is 0.968. The molecule has 0 amide bonds. The van der Waals surface area contributed by atoms with Crippen molar-refractivity contribution < 1.29 is 19.0 Å². The van der Waals surface area contributed by atoms with Crippen LogP contribution in [-0.4, -0.2) is 26.2 Å². The summed E-state index contributed by atoms with van der Waals surface area (Å²) in [5, 5.41) is 0. The van der Waals surface area contributed by atoms with Crippen molar-refractivity contribution in [1.29, 1.82) is 0 Å². The molecule has 0 saturated carbocycles. The standard InChI is InChI=1S/C11H14O4/c1-11(13-2,14-3)15-10(12)9-7-5-4-6-8-9/h4-8H,1-3H3. The van der Waals surface area contributed by atoms with Gasteiger partial charge >= 0.3 is 11.9 Å². The van der Waals surface area contributed by atoms with E-state index in [1.807, 2.05) is 6.07 Å². The van der Waals surface area contributed by atoms with Gasteiger partial charge < -0.3 is 14.2 Å². The van der Waals surface area contributed by atoms with Crippen LogP contribution in [0.5, 0.6) is 0 Å². The van der Waals surface area contributed by atoms with Crippen molar-refractivity contribution in [1.82, 2.24) is 0 Å². The Hall–Kier alpha value is -1.39. The Balaban J connectivity index is 2.72. The molecule has 1 rings (SSSR count). The zero-order valence-electron chi connectivity index (χ0n) is 9.02. The number of ether oxygens (including phenoxy) is 3. The van der Waals surface area contributed by atoms with Gasteiger partial charge in [0.25, 0.3) is 0 Å². The Morgan fingerprint density at radius 2 is 1.67 bits per heavy atom. The number of benzene rings is 1. The molecule has 0 aliphatic heterocycles. The molecule has 1 aromatic carbocycles. The van der Waals surface area contributed by atoms with E-state index in [1.54, 1.807) is 24.3 Å². The summed E-state index contributed by atoms with van der Waals surface area (Å²) in [6.45, 7) is 1.52. The van der Waals surface area contributed by atoms with Gasteiger partial charge in [0.15, 0.2) is 0 Å². The summed E-state index contributed by atoms with van der Waals surface area (Å²) in [7, 11) is 2.81. The first-order chi connectivity index (χ1) is 7.11. The maximum Gasteiger partial charge on any atom is 0.342 e. The topological polar surface area (TPSA) is 44.8 Å². The minimum absolute atomic E-state index is 0.456. The Bertz CT molecular complexity index is 317. The molecule has 4 nitrogen and oxygen atoms in total. The fraction of sp³-hybridized carbons (Fsp3) is 0.364. The minimum atomic E-state index is -1.34. The Morgan fingerprint density at radius 3 is 2.13 bits per heavy atom. The molecule has 0 aromatic heterocycles. The van der Waals surface area contributed by atoms with E-state index in [0.717, 1.165) is 0 Å². The average molecular weight is 210 g/mol. The van der Waals surface area contributed by atoms with Gasteiger partial charge in [0.2, 0.25) is 0 Å². The largest absolute Gasteiger partial charge is 0.404 e. The van der Waals surface area contributed by atoms with E-state index in [0.29, 0.717) is 5.56 Å². The van der Waals surface area contributed by atoms with Crippen LogP contribution in [-0.2, 0) is 14.2 Å². The number of carbonyl (C=O) groups excluding carboxylic acids is 1. The lowest BCUT2D eigenvalue weighted by atomic mass is 10.2. The lowest BCUT2D eigenvalue weighted by Gasteiger charge is -2.25. The summed E-state index contributed by atoms with van der Waals surface area (Å²) in [6, 6.07) is 8.66. The molecule has 0 aliphatic rings. The molecule has 0 radical (unpaired) electrons. The SMILES string of the molecule is COC(C)(OC)OC(=O)c1ccccc1. The second-order valence-electron chi connectivity index (χ2n) is 3.03. The van der Waals surface area contributed by atoms with Crippen LogP contribution >= 0.6 is 0 Å². The zero-order chi connectivity index (χ0) is 11.3. The van der Waals surface area contributed by atoms with E-state index in [9.17, 15) is 4.79 Å². The summed E-state index contributed by atoms with van der Waals surface area (Å²) in [4.78, 5) is 11.6. The highest BCUT2D eigenvalue weighted by Gasteiger charge is 2.28. The maximum absolute atomic E-state index is 11.6. The van der Waals surface area contributed by atoms with Crippen molar-refractivity contribution in [3.8, 4) is 0 Å². The molecule has 0 bridgehead atoms. The maximum atomic E-state index is 11.6. The lowest BCUT2D eigenvalue weighted by Crippen LogP contribution is -2.35. The first-order valence-corrected chi connectivity index (χ1v) is 4.50. The molecule has 0 unspecified atom stereocenters. The first kappa shape index (κ1) is 11.7. The van der Waals surface area contributed by atoms with Crippen molar-refractivity contribution in [2.24, 2.45) is 0 Å². The molecule has 0 atom stereocenters. The molecule has 0 fully saturated rings. The molecular formula is C11H14O4. The summed E-state index contributed by atoms with van der Waals surface area (Å²) in [6.07, 6.45) is 0. The molecule has 82 valence electrons. The fourth-order valence-corrected chi connectivity index (χ4v) is 0.968. The van der Waals surface area contributed by atoms with Gasteiger partial charge in [0.05, 0.1) is 5.56 Å². The minimum Gasteiger partial charge on any atom is -0.404 e. The predicted molar refractivity (Wildman–Crippen MR) is 54.3 cm³/mol. The Labute approximate surface area is 88.8 Å². The average Bonchev–Trinajstić information content (AvgIpc) is 2.30. The van der Waals surface area contributed by atoms with Crippen molar-refractivity contribution >= 4 is 5.97 Å². The van der Waals surface area contributed by atoms with Gasteiger partial charge in [0.1, 0.15) is 0 Å². The molecule has 4 heteroatoms. The number of rotatable bonds is 4. The highest BCUT2D eigenvalue weighted by atomic mass is 16.9. The normalized spacial score (nSPS) is 11.1. The second kappa shape index (κ2) is 4.91. The van der Waals surface area contributed by atoms with E-state index < -0.39 is 11.9 Å². The van der Waals surface area contributed by atoms with Crippen LogP contribution in [0.1, 0.15) is 17.3 Å². The summed E-state index contributed by atoms with van der Waals surface area (Å²) in [5.41, 5.74) is 0.456. The third-order valence-corrected chi connectivity index (χ3v) is 2.03. The molecular weight excluding hydrogens is 196 g/mol. The van der Waals surface area contributed by atoms with E-state index in [2.05, 4.69) is 0 Å². The Kier molecular flexibility index (Phi) is 3.82. The zero-order valence-corrected chi connectivity index (χ0v) is 9.02. The van der Waals surface area contributed by atoms with Crippen molar-refractivity contribution in [3.05, 3.63) is 35.9 Å². The monoisotopic (exact) mass is 210 g/mol. The van der Waals surface area contributed by atoms with E-state index in [-0.39, 0.29) is 0 Å². The van der Waals surface area contributed by atoms with Gasteiger partial charge in [-0.3, -0.25) is 0 Å². The van der Waals surface area contributed by atoms with E-state index >= 15 is 0 Å². The van der Waals surface area contributed by atoms with Crippen LogP contribution < -0.4 is 0 Å². The molecule has 0 saturated heterocycles. The van der Waals surface area contributed by atoms with Crippen LogP contribution in [0, 0.1) is 0 Å². The summed E-state index contributed by atoms with van der Waals surface area (Å²) in [5.74, 6) is -1.82. The van der Waals surface area contributed by atoms with Gasteiger partial charge in [-0.1, -0.05) is 18.2 Å². The first-order valence-electron chi connectivity index (χ1n) is 4.50. The highest BCUT2D eigenvalue weighted by Crippen LogP contribution is 2.14. The van der Waals surface area contributed by atoms with Crippen LogP contribution in [0.25, 0.3) is 0 Å². The molecule has 1 aromatic rings. The van der Waals surface area contributed by atoms with Crippen molar-refractivity contribution in [2.45, 2.75) is 12.9 Å². The third-order valence-electron chi connectivity index (χ3n) is 2.03. The molecule has 0 heterocycles. The van der Waals surface area contributed by atoms with Gasteiger partial charge in [0, 0.05) is 21.1 Å². The highest BCUT2D eigenvalue weighted by molar-refractivity contribution is 5.89. The second-order valence-corrected chi connectivity index (χ2v) is 3.03. The van der Waals surface area contributed by atoms with E-state index in [1.165, 1.54) is 21.1 Å². The van der Waals surface area contributed by atoms with Crippen LogP contribution in [0.2, 0.25) is 0 Å².